The smallest absolute Gasteiger partial charge is 0.108 e. The molecule has 0 saturated carbocycles. The number of hydrogen-bond acceptors (Lipinski definition) is 3. The van der Waals surface area contributed by atoms with Gasteiger partial charge in [0.15, 0.2) is 0 Å². The summed E-state index contributed by atoms with van der Waals surface area (Å²) < 4.78 is 5.09. The zero-order chi connectivity index (χ0) is 7.02. The quantitative estimate of drug-likeness (QED) is 0.468. The Morgan fingerprint density at radius 2 is 1.33 bits per heavy atom. The highest BCUT2D eigenvalue weighted by atomic mass is 16.5. The van der Waals surface area contributed by atoms with Crippen molar-refractivity contribution in [3.63, 3.8) is 0 Å². The molecule has 0 aromatic carbocycles. The molecule has 0 bridgehead atoms. The van der Waals surface area contributed by atoms with Gasteiger partial charge in [0.2, 0.25) is 0 Å². The molecule has 54 valence electrons. The molecule has 0 spiro atoms. The first-order valence-electron chi connectivity index (χ1n) is 3.14. The van der Waals surface area contributed by atoms with E-state index in [1.807, 2.05) is 0 Å². The van der Waals surface area contributed by atoms with Crippen molar-refractivity contribution in [1.29, 1.82) is 0 Å². The molecular weight excluding hydrogens is 120 g/mol. The SMILES string of the molecule is CC1O[C@H](C)[C@@H](O)[C@H]1O. The highest BCUT2D eigenvalue weighted by molar-refractivity contribution is 4.85. The fourth-order valence-electron chi connectivity index (χ4n) is 1.05. The molecule has 0 aromatic heterocycles. The molecule has 1 saturated heterocycles. The van der Waals surface area contributed by atoms with Crippen LogP contribution in [0.25, 0.3) is 0 Å². The first-order valence-corrected chi connectivity index (χ1v) is 3.14. The highest BCUT2D eigenvalue weighted by Gasteiger charge is 2.36. The molecule has 0 amide bonds. The van der Waals surface area contributed by atoms with Crippen LogP contribution in [-0.4, -0.2) is 34.6 Å². The van der Waals surface area contributed by atoms with Crippen molar-refractivity contribution in [3.8, 4) is 0 Å². The molecule has 1 unspecified atom stereocenters. The van der Waals surface area contributed by atoms with E-state index in [0.717, 1.165) is 0 Å². The summed E-state index contributed by atoms with van der Waals surface area (Å²) in [6.45, 7) is 3.49. The van der Waals surface area contributed by atoms with Crippen LogP contribution in [0.3, 0.4) is 0 Å². The summed E-state index contributed by atoms with van der Waals surface area (Å²) in [4.78, 5) is 0. The van der Waals surface area contributed by atoms with Crippen LogP contribution >= 0.6 is 0 Å². The third-order valence-corrected chi connectivity index (χ3v) is 1.74. The number of aliphatic hydroxyl groups is 2. The molecule has 3 heteroatoms. The van der Waals surface area contributed by atoms with Gasteiger partial charge in [0, 0.05) is 0 Å². The van der Waals surface area contributed by atoms with Crippen molar-refractivity contribution >= 4 is 0 Å². The van der Waals surface area contributed by atoms with Crippen molar-refractivity contribution in [2.75, 3.05) is 0 Å². The van der Waals surface area contributed by atoms with E-state index < -0.39 is 12.2 Å². The Hall–Kier alpha value is -0.120. The van der Waals surface area contributed by atoms with Gasteiger partial charge in [0.1, 0.15) is 12.2 Å². The third-order valence-electron chi connectivity index (χ3n) is 1.74. The topological polar surface area (TPSA) is 49.7 Å². The molecule has 1 aliphatic heterocycles. The zero-order valence-corrected chi connectivity index (χ0v) is 5.61. The van der Waals surface area contributed by atoms with Gasteiger partial charge in [-0.25, -0.2) is 0 Å². The van der Waals surface area contributed by atoms with E-state index in [1.165, 1.54) is 0 Å². The molecule has 3 nitrogen and oxygen atoms in total. The highest BCUT2D eigenvalue weighted by Crippen LogP contribution is 2.19. The summed E-state index contributed by atoms with van der Waals surface area (Å²) in [6, 6.07) is 0. The first-order chi connectivity index (χ1) is 4.13. The van der Waals surface area contributed by atoms with E-state index in [4.69, 9.17) is 14.9 Å². The zero-order valence-electron chi connectivity index (χ0n) is 5.61. The van der Waals surface area contributed by atoms with Gasteiger partial charge in [-0.15, -0.1) is 0 Å². The maximum Gasteiger partial charge on any atom is 0.108 e. The summed E-state index contributed by atoms with van der Waals surface area (Å²) >= 11 is 0. The predicted molar refractivity (Wildman–Crippen MR) is 32.0 cm³/mol. The van der Waals surface area contributed by atoms with Crippen LogP contribution < -0.4 is 0 Å². The molecule has 2 N–H and O–H groups in total. The Balaban J connectivity index is 2.54. The third kappa shape index (κ3) is 1.08. The van der Waals surface area contributed by atoms with Gasteiger partial charge in [-0.05, 0) is 13.8 Å². The van der Waals surface area contributed by atoms with Crippen LogP contribution in [0.1, 0.15) is 13.8 Å². The lowest BCUT2D eigenvalue weighted by molar-refractivity contribution is 0.0281. The van der Waals surface area contributed by atoms with Gasteiger partial charge in [-0.2, -0.15) is 0 Å². The molecule has 1 aliphatic rings. The Morgan fingerprint density at radius 3 is 1.44 bits per heavy atom. The standard InChI is InChI=1S/C6H12O3/c1-3-5(7)6(8)4(2)9-3/h3-8H,1-2H3/t3-,4?,5-,6+/m1/s1. The van der Waals surface area contributed by atoms with Crippen molar-refractivity contribution in [3.05, 3.63) is 0 Å². The average molecular weight is 132 g/mol. The Labute approximate surface area is 54.3 Å². The predicted octanol–water partition coefficient (Wildman–Crippen LogP) is -0.485. The van der Waals surface area contributed by atoms with Crippen molar-refractivity contribution < 1.29 is 14.9 Å². The van der Waals surface area contributed by atoms with Crippen molar-refractivity contribution in [2.24, 2.45) is 0 Å². The molecular formula is C6H12O3. The molecule has 1 fully saturated rings. The van der Waals surface area contributed by atoms with E-state index >= 15 is 0 Å². The van der Waals surface area contributed by atoms with Gasteiger partial charge >= 0.3 is 0 Å². The summed E-state index contributed by atoms with van der Waals surface area (Å²) in [7, 11) is 0. The minimum Gasteiger partial charge on any atom is -0.388 e. The lowest BCUT2D eigenvalue weighted by atomic mass is 10.1. The van der Waals surface area contributed by atoms with Gasteiger partial charge in [0.05, 0.1) is 12.2 Å². The Kier molecular flexibility index (Phi) is 1.75. The number of hydrogen-bond donors (Lipinski definition) is 2. The van der Waals surface area contributed by atoms with Crippen LogP contribution in [0.2, 0.25) is 0 Å². The van der Waals surface area contributed by atoms with Crippen LogP contribution in [0, 0.1) is 0 Å². The fourth-order valence-corrected chi connectivity index (χ4v) is 1.05. The first kappa shape index (κ1) is 6.99. The fraction of sp³-hybridized carbons (Fsp3) is 1.00. The Bertz CT molecular complexity index is 92.5. The monoisotopic (exact) mass is 132 g/mol. The van der Waals surface area contributed by atoms with Crippen LogP contribution in [-0.2, 0) is 4.74 Å². The Morgan fingerprint density at radius 1 is 1.00 bits per heavy atom. The number of aliphatic hydroxyl groups excluding tert-OH is 2. The second-order valence-corrected chi connectivity index (χ2v) is 2.53. The second kappa shape index (κ2) is 2.25. The molecule has 1 rings (SSSR count). The molecule has 4 atom stereocenters. The largest absolute Gasteiger partial charge is 0.388 e. The van der Waals surface area contributed by atoms with Gasteiger partial charge in [0.25, 0.3) is 0 Å². The van der Waals surface area contributed by atoms with E-state index in [-0.39, 0.29) is 12.2 Å². The summed E-state index contributed by atoms with van der Waals surface area (Å²) in [5.74, 6) is 0. The molecule has 1 heterocycles. The lowest BCUT2D eigenvalue weighted by Crippen LogP contribution is -2.30. The van der Waals surface area contributed by atoms with E-state index in [9.17, 15) is 0 Å². The normalized spacial score (nSPS) is 52.0. The van der Waals surface area contributed by atoms with Gasteiger partial charge in [-0.3, -0.25) is 0 Å². The van der Waals surface area contributed by atoms with Gasteiger partial charge < -0.3 is 14.9 Å². The summed E-state index contributed by atoms with van der Waals surface area (Å²) in [5.41, 5.74) is 0. The minimum atomic E-state index is -0.708. The maximum absolute atomic E-state index is 9.06. The summed E-state index contributed by atoms with van der Waals surface area (Å²) in [6.07, 6.45) is -1.87. The van der Waals surface area contributed by atoms with Crippen LogP contribution in [0.15, 0.2) is 0 Å². The molecule has 9 heavy (non-hydrogen) atoms. The summed E-state index contributed by atoms with van der Waals surface area (Å²) in [5, 5.41) is 18.1. The molecule has 0 aromatic rings. The number of rotatable bonds is 0. The van der Waals surface area contributed by atoms with Crippen molar-refractivity contribution in [1.82, 2.24) is 0 Å². The molecule has 0 radical (unpaired) electrons. The molecule has 0 aliphatic carbocycles. The van der Waals surface area contributed by atoms with Crippen LogP contribution in [0.5, 0.6) is 0 Å². The van der Waals surface area contributed by atoms with Crippen molar-refractivity contribution in [2.45, 2.75) is 38.3 Å². The van der Waals surface area contributed by atoms with Crippen LogP contribution in [0.4, 0.5) is 0 Å². The maximum atomic E-state index is 9.06. The lowest BCUT2D eigenvalue weighted by Gasteiger charge is -2.08. The number of ether oxygens (including phenoxy) is 1. The van der Waals surface area contributed by atoms with E-state index in [0.29, 0.717) is 0 Å². The van der Waals surface area contributed by atoms with E-state index in [2.05, 4.69) is 0 Å². The van der Waals surface area contributed by atoms with Gasteiger partial charge in [-0.1, -0.05) is 0 Å². The average Bonchev–Trinajstić information content (AvgIpc) is 1.98. The van der Waals surface area contributed by atoms with E-state index in [1.54, 1.807) is 13.8 Å². The second-order valence-electron chi connectivity index (χ2n) is 2.53. The minimum absolute atomic E-state index is 0.227.